The van der Waals surface area contributed by atoms with E-state index in [-0.39, 0.29) is 6.09 Å². The molecule has 0 aliphatic carbocycles. The Morgan fingerprint density at radius 1 is 1.12 bits per heavy atom. The van der Waals surface area contributed by atoms with E-state index in [1.165, 1.54) is 0 Å². The van der Waals surface area contributed by atoms with Gasteiger partial charge in [-0.05, 0) is 13.8 Å². The van der Waals surface area contributed by atoms with Crippen molar-refractivity contribution in [2.24, 2.45) is 0 Å². The monoisotopic (exact) mass is 335 g/mol. The molecule has 8 heteroatoms. The predicted molar refractivity (Wildman–Crippen MR) is 90.6 cm³/mol. The second-order valence-corrected chi connectivity index (χ2v) is 5.94. The van der Waals surface area contributed by atoms with Crippen LogP contribution in [-0.4, -0.2) is 80.1 Å². The fourth-order valence-corrected chi connectivity index (χ4v) is 2.94. The number of aromatic nitrogens is 2. The second kappa shape index (κ2) is 7.65. The van der Waals surface area contributed by atoms with E-state index < -0.39 is 0 Å². The van der Waals surface area contributed by atoms with Crippen LogP contribution >= 0.6 is 0 Å². The number of hydrogen-bond donors (Lipinski definition) is 0. The Bertz CT molecular complexity index is 569. The molecule has 2 saturated heterocycles. The van der Waals surface area contributed by atoms with Crippen LogP contribution in [0.4, 0.5) is 16.6 Å². The SMILES string of the molecule is CCOC(=O)N1CCN(c2nc(C)cc(N3CCOCC3)n2)CC1. The van der Waals surface area contributed by atoms with E-state index in [1.54, 1.807) is 4.90 Å². The van der Waals surface area contributed by atoms with Crippen LogP contribution in [0.3, 0.4) is 0 Å². The molecule has 2 fully saturated rings. The summed E-state index contributed by atoms with van der Waals surface area (Å²) in [5.41, 5.74) is 0.953. The van der Waals surface area contributed by atoms with E-state index in [9.17, 15) is 4.79 Å². The first-order chi connectivity index (χ1) is 11.7. The molecular formula is C16H25N5O3. The first kappa shape index (κ1) is 16.8. The molecule has 2 aliphatic rings. The summed E-state index contributed by atoms with van der Waals surface area (Å²) in [6, 6.07) is 2.02. The van der Waals surface area contributed by atoms with Crippen LogP contribution in [0.2, 0.25) is 0 Å². The summed E-state index contributed by atoms with van der Waals surface area (Å²) < 4.78 is 10.5. The standard InChI is InChI=1S/C16H25N5O3/c1-3-24-16(22)21-6-4-20(5-7-21)15-17-13(2)12-14(18-15)19-8-10-23-11-9-19/h12H,3-11H2,1-2H3. The lowest BCUT2D eigenvalue weighted by Crippen LogP contribution is -2.49. The normalized spacial score (nSPS) is 18.7. The molecule has 0 bridgehead atoms. The number of nitrogens with zero attached hydrogens (tertiary/aromatic N) is 5. The minimum Gasteiger partial charge on any atom is -0.450 e. The summed E-state index contributed by atoms with van der Waals surface area (Å²) in [4.78, 5) is 27.2. The Labute approximate surface area is 142 Å². The van der Waals surface area contributed by atoms with Crippen LogP contribution in [0.5, 0.6) is 0 Å². The number of amides is 1. The first-order valence-electron chi connectivity index (χ1n) is 8.52. The molecule has 2 aliphatic heterocycles. The van der Waals surface area contributed by atoms with Crippen molar-refractivity contribution in [1.82, 2.24) is 14.9 Å². The summed E-state index contributed by atoms with van der Waals surface area (Å²) in [6.07, 6.45) is -0.240. The fraction of sp³-hybridized carbons (Fsp3) is 0.688. The highest BCUT2D eigenvalue weighted by Crippen LogP contribution is 2.19. The van der Waals surface area contributed by atoms with Gasteiger partial charge in [-0.3, -0.25) is 0 Å². The number of piperazine rings is 1. The minimum absolute atomic E-state index is 0.240. The average Bonchev–Trinajstić information content (AvgIpc) is 2.62. The lowest BCUT2D eigenvalue weighted by atomic mass is 10.3. The Balaban J connectivity index is 1.67. The Hall–Kier alpha value is -2.09. The second-order valence-electron chi connectivity index (χ2n) is 5.94. The number of rotatable bonds is 3. The van der Waals surface area contributed by atoms with Crippen molar-refractivity contribution in [2.45, 2.75) is 13.8 Å². The average molecular weight is 335 g/mol. The summed E-state index contributed by atoms with van der Waals surface area (Å²) in [6.45, 7) is 10.1. The first-order valence-corrected chi connectivity index (χ1v) is 8.52. The van der Waals surface area contributed by atoms with E-state index >= 15 is 0 Å². The third-order valence-electron chi connectivity index (χ3n) is 4.25. The van der Waals surface area contributed by atoms with Gasteiger partial charge in [0.1, 0.15) is 5.82 Å². The highest BCUT2D eigenvalue weighted by molar-refractivity contribution is 5.68. The van der Waals surface area contributed by atoms with E-state index in [4.69, 9.17) is 14.5 Å². The predicted octanol–water partition coefficient (Wildman–Crippen LogP) is 0.900. The molecule has 0 radical (unpaired) electrons. The molecule has 0 N–H and O–H groups in total. The number of ether oxygens (including phenoxy) is 2. The van der Waals surface area contributed by atoms with Crippen LogP contribution < -0.4 is 9.80 Å². The third-order valence-corrected chi connectivity index (χ3v) is 4.25. The maximum atomic E-state index is 11.8. The van der Waals surface area contributed by atoms with Gasteiger partial charge in [-0.25, -0.2) is 9.78 Å². The van der Waals surface area contributed by atoms with Crippen molar-refractivity contribution >= 4 is 17.9 Å². The van der Waals surface area contributed by atoms with Gasteiger partial charge in [-0.15, -0.1) is 0 Å². The van der Waals surface area contributed by atoms with Gasteiger partial charge in [0.2, 0.25) is 5.95 Å². The molecule has 0 spiro atoms. The van der Waals surface area contributed by atoms with E-state index in [1.807, 2.05) is 19.9 Å². The number of carbonyl (C=O) groups is 1. The Kier molecular flexibility index (Phi) is 5.34. The van der Waals surface area contributed by atoms with Crippen molar-refractivity contribution < 1.29 is 14.3 Å². The minimum atomic E-state index is -0.240. The molecule has 1 aromatic heterocycles. The number of anilines is 2. The largest absolute Gasteiger partial charge is 0.450 e. The molecule has 132 valence electrons. The van der Waals surface area contributed by atoms with Crippen LogP contribution in [-0.2, 0) is 9.47 Å². The van der Waals surface area contributed by atoms with Gasteiger partial charge in [0, 0.05) is 51.0 Å². The molecule has 3 heterocycles. The maximum absolute atomic E-state index is 11.8. The fourth-order valence-electron chi connectivity index (χ4n) is 2.94. The van der Waals surface area contributed by atoms with Crippen molar-refractivity contribution in [3.8, 4) is 0 Å². The van der Waals surface area contributed by atoms with Crippen LogP contribution in [0.1, 0.15) is 12.6 Å². The highest BCUT2D eigenvalue weighted by atomic mass is 16.6. The van der Waals surface area contributed by atoms with Gasteiger partial charge in [-0.1, -0.05) is 0 Å². The highest BCUT2D eigenvalue weighted by Gasteiger charge is 2.24. The van der Waals surface area contributed by atoms with E-state index in [0.717, 1.165) is 43.8 Å². The molecular weight excluding hydrogens is 310 g/mol. The van der Waals surface area contributed by atoms with Crippen LogP contribution in [0, 0.1) is 6.92 Å². The van der Waals surface area contributed by atoms with Crippen molar-refractivity contribution in [2.75, 3.05) is 68.9 Å². The van der Waals surface area contributed by atoms with E-state index in [2.05, 4.69) is 14.8 Å². The van der Waals surface area contributed by atoms with Crippen molar-refractivity contribution in [3.63, 3.8) is 0 Å². The number of morpholine rings is 1. The lowest BCUT2D eigenvalue weighted by molar-refractivity contribution is 0.105. The summed E-state index contributed by atoms with van der Waals surface area (Å²) in [5, 5.41) is 0. The maximum Gasteiger partial charge on any atom is 0.409 e. The summed E-state index contributed by atoms with van der Waals surface area (Å²) >= 11 is 0. The lowest BCUT2D eigenvalue weighted by Gasteiger charge is -2.35. The Morgan fingerprint density at radius 2 is 1.83 bits per heavy atom. The Morgan fingerprint density at radius 3 is 2.50 bits per heavy atom. The number of carbonyl (C=O) groups excluding carboxylic acids is 1. The molecule has 0 unspecified atom stereocenters. The quantitative estimate of drug-likeness (QED) is 0.813. The van der Waals surface area contributed by atoms with Gasteiger partial charge in [0.15, 0.2) is 0 Å². The van der Waals surface area contributed by atoms with Crippen molar-refractivity contribution in [1.29, 1.82) is 0 Å². The van der Waals surface area contributed by atoms with Crippen LogP contribution in [0.15, 0.2) is 6.07 Å². The van der Waals surface area contributed by atoms with Gasteiger partial charge >= 0.3 is 6.09 Å². The molecule has 8 nitrogen and oxygen atoms in total. The molecule has 1 amide bonds. The topological polar surface area (TPSA) is 71.0 Å². The van der Waals surface area contributed by atoms with Gasteiger partial charge in [-0.2, -0.15) is 4.98 Å². The zero-order valence-corrected chi connectivity index (χ0v) is 14.4. The number of aryl methyl sites for hydroxylation is 1. The summed E-state index contributed by atoms with van der Waals surface area (Å²) in [5.74, 6) is 1.69. The van der Waals surface area contributed by atoms with E-state index in [0.29, 0.717) is 32.8 Å². The smallest absolute Gasteiger partial charge is 0.409 e. The zero-order chi connectivity index (χ0) is 16.9. The zero-order valence-electron chi connectivity index (χ0n) is 14.4. The van der Waals surface area contributed by atoms with Crippen LogP contribution in [0.25, 0.3) is 0 Å². The molecule has 0 atom stereocenters. The molecule has 1 aromatic rings. The molecule has 24 heavy (non-hydrogen) atoms. The third kappa shape index (κ3) is 3.87. The van der Waals surface area contributed by atoms with Crippen molar-refractivity contribution in [3.05, 3.63) is 11.8 Å². The van der Waals surface area contributed by atoms with Gasteiger partial charge in [0.25, 0.3) is 0 Å². The summed E-state index contributed by atoms with van der Waals surface area (Å²) in [7, 11) is 0. The number of hydrogen-bond acceptors (Lipinski definition) is 7. The molecule has 3 rings (SSSR count). The molecule has 0 saturated carbocycles. The van der Waals surface area contributed by atoms with Gasteiger partial charge in [0.05, 0.1) is 19.8 Å². The van der Waals surface area contributed by atoms with Gasteiger partial charge < -0.3 is 24.2 Å². The molecule has 0 aromatic carbocycles.